The highest BCUT2D eigenvalue weighted by Crippen LogP contribution is 2.25. The van der Waals surface area contributed by atoms with Crippen molar-refractivity contribution in [3.8, 4) is 0 Å². The lowest BCUT2D eigenvalue weighted by atomic mass is 10.1. The molecule has 2 N–H and O–H groups in total. The van der Waals surface area contributed by atoms with Crippen LogP contribution in [0.1, 0.15) is 49.7 Å². The van der Waals surface area contributed by atoms with Gasteiger partial charge in [0.15, 0.2) is 5.11 Å². The van der Waals surface area contributed by atoms with Crippen LogP contribution in [0.3, 0.4) is 0 Å². The van der Waals surface area contributed by atoms with E-state index in [1.807, 2.05) is 25.1 Å². The summed E-state index contributed by atoms with van der Waals surface area (Å²) < 4.78 is 5.71. The molecule has 150 valence electrons. The first-order chi connectivity index (χ1) is 13.6. The first kappa shape index (κ1) is 19.4. The van der Waals surface area contributed by atoms with Crippen LogP contribution < -0.4 is 10.9 Å². The second-order valence-electron chi connectivity index (χ2n) is 8.05. The fraction of sp³-hybridized carbons (Fsp3) is 0.545. The number of nitrogens with one attached hydrogen (secondary N) is 2. The van der Waals surface area contributed by atoms with Crippen molar-refractivity contribution in [2.75, 3.05) is 13.2 Å². The number of rotatable bonds is 5. The van der Waals surface area contributed by atoms with Crippen LogP contribution in [0.5, 0.6) is 0 Å². The monoisotopic (exact) mass is 399 g/mol. The van der Waals surface area contributed by atoms with E-state index in [1.165, 1.54) is 12.8 Å². The number of aromatic amines is 1. The number of aryl methyl sites for hydroxylation is 1. The number of ether oxygens (including phenoxy) is 1. The quantitative estimate of drug-likeness (QED) is 0.752. The molecule has 2 aliphatic rings. The summed E-state index contributed by atoms with van der Waals surface area (Å²) in [4.78, 5) is 18.1. The number of aromatic nitrogens is 1. The molecular formula is C22H29N3O2S. The van der Waals surface area contributed by atoms with E-state index < -0.39 is 0 Å². The number of para-hydroxylation sites is 1. The molecule has 1 saturated heterocycles. The number of thiocarbonyl (C=S) groups is 1. The Morgan fingerprint density at radius 2 is 2.11 bits per heavy atom. The van der Waals surface area contributed by atoms with E-state index in [9.17, 15) is 4.79 Å². The van der Waals surface area contributed by atoms with Crippen molar-refractivity contribution in [3.05, 3.63) is 45.7 Å². The molecule has 4 rings (SSSR count). The lowest BCUT2D eigenvalue weighted by Crippen LogP contribution is -2.47. The van der Waals surface area contributed by atoms with Gasteiger partial charge >= 0.3 is 0 Å². The van der Waals surface area contributed by atoms with Gasteiger partial charge in [-0.05, 0) is 61.8 Å². The van der Waals surface area contributed by atoms with Crippen molar-refractivity contribution in [2.45, 2.75) is 64.1 Å². The number of pyridine rings is 1. The molecule has 1 atom stereocenters. The van der Waals surface area contributed by atoms with Crippen LogP contribution in [0.25, 0.3) is 10.9 Å². The number of H-pyrrole nitrogens is 1. The topological polar surface area (TPSA) is 57.4 Å². The van der Waals surface area contributed by atoms with Gasteiger partial charge in [0.1, 0.15) is 0 Å². The molecule has 2 heterocycles. The second kappa shape index (κ2) is 8.62. The van der Waals surface area contributed by atoms with Gasteiger partial charge in [0.05, 0.1) is 18.2 Å². The molecular weight excluding hydrogens is 370 g/mol. The fourth-order valence-corrected chi connectivity index (χ4v) is 4.72. The average molecular weight is 400 g/mol. The highest BCUT2D eigenvalue weighted by Gasteiger charge is 2.26. The Kier molecular flexibility index (Phi) is 5.97. The summed E-state index contributed by atoms with van der Waals surface area (Å²) in [7, 11) is 0. The van der Waals surface area contributed by atoms with E-state index >= 15 is 0 Å². The molecule has 28 heavy (non-hydrogen) atoms. The van der Waals surface area contributed by atoms with E-state index in [0.717, 1.165) is 66.0 Å². The molecule has 1 aliphatic heterocycles. The van der Waals surface area contributed by atoms with Crippen molar-refractivity contribution in [1.82, 2.24) is 15.2 Å². The first-order valence-electron chi connectivity index (χ1n) is 10.4. The molecule has 1 aromatic heterocycles. The predicted octanol–water partition coefficient (Wildman–Crippen LogP) is 3.63. The normalized spacial score (nSPS) is 20.0. The minimum Gasteiger partial charge on any atom is -0.376 e. The van der Waals surface area contributed by atoms with E-state index in [4.69, 9.17) is 17.0 Å². The molecule has 5 nitrogen and oxygen atoms in total. The Bertz CT molecular complexity index is 898. The summed E-state index contributed by atoms with van der Waals surface area (Å²) in [6.07, 6.45) is 7.17. The van der Waals surface area contributed by atoms with Gasteiger partial charge in [-0.25, -0.2) is 0 Å². The average Bonchev–Trinajstić information content (AvgIpc) is 3.39. The molecule has 0 spiro atoms. The van der Waals surface area contributed by atoms with Crippen LogP contribution in [-0.2, 0) is 11.3 Å². The number of hydrogen-bond donors (Lipinski definition) is 2. The Morgan fingerprint density at radius 3 is 2.86 bits per heavy atom. The zero-order valence-electron chi connectivity index (χ0n) is 16.5. The summed E-state index contributed by atoms with van der Waals surface area (Å²) in [5, 5.41) is 5.22. The summed E-state index contributed by atoms with van der Waals surface area (Å²) in [6.45, 7) is 4.15. The third-order valence-corrected chi connectivity index (χ3v) is 6.42. The largest absolute Gasteiger partial charge is 0.376 e. The van der Waals surface area contributed by atoms with E-state index in [2.05, 4.69) is 21.3 Å². The summed E-state index contributed by atoms with van der Waals surface area (Å²) in [5.74, 6) is 0. The smallest absolute Gasteiger partial charge is 0.253 e. The molecule has 0 amide bonds. The number of benzene rings is 1. The number of nitrogens with zero attached hydrogens (tertiary/aromatic N) is 1. The zero-order chi connectivity index (χ0) is 19.5. The minimum absolute atomic E-state index is 0.0216. The van der Waals surface area contributed by atoms with Crippen molar-refractivity contribution < 1.29 is 4.74 Å². The minimum atomic E-state index is -0.0216. The highest BCUT2D eigenvalue weighted by molar-refractivity contribution is 7.80. The number of fused-ring (bicyclic) bond motifs is 1. The lowest BCUT2D eigenvalue weighted by Gasteiger charge is -2.32. The SMILES string of the molecule is Cc1cccc2cc(CN(C(=S)NC[C@H]3CCCO3)C3CCCC3)c(=O)[nH]c12. The zero-order valence-corrected chi connectivity index (χ0v) is 17.3. The Labute approximate surface area is 171 Å². The third kappa shape index (κ3) is 4.23. The van der Waals surface area contributed by atoms with Gasteiger partial charge in [0.25, 0.3) is 5.56 Å². The van der Waals surface area contributed by atoms with Crippen molar-refractivity contribution in [1.29, 1.82) is 0 Å². The van der Waals surface area contributed by atoms with E-state index in [-0.39, 0.29) is 11.7 Å². The van der Waals surface area contributed by atoms with Gasteiger partial charge < -0.3 is 19.9 Å². The maximum Gasteiger partial charge on any atom is 0.253 e. The molecule has 1 saturated carbocycles. The first-order valence-corrected chi connectivity index (χ1v) is 10.8. The Morgan fingerprint density at radius 1 is 1.29 bits per heavy atom. The predicted molar refractivity (Wildman–Crippen MR) is 117 cm³/mol. The molecule has 0 bridgehead atoms. The molecule has 0 unspecified atom stereocenters. The van der Waals surface area contributed by atoms with Crippen LogP contribution in [0.15, 0.2) is 29.1 Å². The molecule has 1 aromatic carbocycles. The maximum atomic E-state index is 12.8. The van der Waals surface area contributed by atoms with Crippen LogP contribution >= 0.6 is 12.2 Å². The third-order valence-electron chi connectivity index (χ3n) is 6.04. The summed E-state index contributed by atoms with van der Waals surface area (Å²) in [5.41, 5.74) is 2.75. The van der Waals surface area contributed by atoms with Crippen LogP contribution in [0, 0.1) is 6.92 Å². The van der Waals surface area contributed by atoms with Gasteiger partial charge in [0, 0.05) is 24.8 Å². The lowest BCUT2D eigenvalue weighted by molar-refractivity contribution is 0.113. The highest BCUT2D eigenvalue weighted by atomic mass is 32.1. The van der Waals surface area contributed by atoms with Crippen molar-refractivity contribution in [3.63, 3.8) is 0 Å². The van der Waals surface area contributed by atoms with Crippen molar-refractivity contribution in [2.24, 2.45) is 0 Å². The van der Waals surface area contributed by atoms with Crippen molar-refractivity contribution >= 4 is 28.2 Å². The maximum absolute atomic E-state index is 12.8. The van der Waals surface area contributed by atoms with Gasteiger partial charge in [-0.1, -0.05) is 31.0 Å². The van der Waals surface area contributed by atoms with Gasteiger partial charge in [-0.3, -0.25) is 4.79 Å². The Balaban J connectivity index is 1.55. The second-order valence-corrected chi connectivity index (χ2v) is 8.44. The van der Waals surface area contributed by atoms with Gasteiger partial charge in [-0.15, -0.1) is 0 Å². The molecule has 2 fully saturated rings. The fourth-order valence-electron chi connectivity index (χ4n) is 4.42. The van der Waals surface area contributed by atoms with Gasteiger partial charge in [0.2, 0.25) is 0 Å². The van der Waals surface area contributed by atoms with Gasteiger partial charge in [-0.2, -0.15) is 0 Å². The molecule has 1 aliphatic carbocycles. The molecule has 2 aromatic rings. The summed E-state index contributed by atoms with van der Waals surface area (Å²) >= 11 is 5.75. The van der Waals surface area contributed by atoms with E-state index in [0.29, 0.717) is 12.6 Å². The van der Waals surface area contributed by atoms with E-state index in [1.54, 1.807) is 0 Å². The van der Waals surface area contributed by atoms with Crippen LogP contribution in [0.4, 0.5) is 0 Å². The number of hydrogen-bond acceptors (Lipinski definition) is 3. The van der Waals surface area contributed by atoms with Crippen LogP contribution in [-0.4, -0.2) is 40.3 Å². The van der Waals surface area contributed by atoms with Crippen LogP contribution in [0.2, 0.25) is 0 Å². The molecule has 0 radical (unpaired) electrons. The molecule has 6 heteroatoms. The summed E-state index contributed by atoms with van der Waals surface area (Å²) in [6, 6.07) is 8.52. The Hall–Kier alpha value is -1.92. The standard InChI is InChI=1S/C22H29N3O2S/c1-15-6-4-7-16-12-17(21(26)24-20(15)16)14-25(18-8-2-3-9-18)22(28)23-13-19-10-5-11-27-19/h4,6-7,12,18-19H,2-3,5,8-11,13-14H2,1H3,(H,23,28)(H,24,26)/t19-/m1/s1.